The van der Waals surface area contributed by atoms with Crippen molar-refractivity contribution in [2.24, 2.45) is 5.92 Å². The smallest absolute Gasteiger partial charge is 0.321 e. The third-order valence-corrected chi connectivity index (χ3v) is 5.70. The number of carbonyl (C=O) groups excluding carboxylic acids is 3. The van der Waals surface area contributed by atoms with Gasteiger partial charge in [-0.1, -0.05) is 26.0 Å². The van der Waals surface area contributed by atoms with Crippen LogP contribution in [0.4, 0.5) is 16.2 Å². The maximum Gasteiger partial charge on any atom is 0.321 e. The maximum absolute atomic E-state index is 12.8. The van der Waals surface area contributed by atoms with Crippen molar-refractivity contribution in [1.29, 1.82) is 0 Å². The molecule has 0 unspecified atom stereocenters. The van der Waals surface area contributed by atoms with E-state index in [-0.39, 0.29) is 23.8 Å². The summed E-state index contributed by atoms with van der Waals surface area (Å²) in [5.74, 6) is -0.365. The monoisotopic (exact) mass is 420 g/mol. The number of benzene rings is 2. The molecule has 0 saturated carbocycles. The zero-order valence-electron chi connectivity index (χ0n) is 18.2. The average Bonchev–Trinajstić information content (AvgIpc) is 2.98. The fraction of sp³-hybridized carbons (Fsp3) is 0.375. The molecular formula is C24H28N4O3. The Hall–Kier alpha value is -3.35. The number of imide groups is 1. The van der Waals surface area contributed by atoms with Crippen LogP contribution in [0.1, 0.15) is 40.1 Å². The number of carbonyl (C=O) groups is 3. The number of hydrogen-bond donors (Lipinski definition) is 1. The second kappa shape index (κ2) is 8.41. The molecule has 0 aromatic heterocycles. The molecule has 0 bridgehead atoms. The number of anilines is 2. The molecular weight excluding hydrogens is 392 g/mol. The highest BCUT2D eigenvalue weighted by atomic mass is 16.2. The van der Waals surface area contributed by atoms with Crippen molar-refractivity contribution in [3.63, 3.8) is 0 Å². The molecule has 2 aliphatic heterocycles. The molecule has 0 atom stereocenters. The first-order chi connectivity index (χ1) is 14.8. The second-order valence-electron chi connectivity index (χ2n) is 8.62. The van der Waals surface area contributed by atoms with Gasteiger partial charge in [-0.15, -0.1) is 0 Å². The number of nitrogens with zero attached hydrogens (tertiary/aromatic N) is 3. The number of hydrogen-bond acceptors (Lipinski definition) is 4. The predicted molar refractivity (Wildman–Crippen MR) is 121 cm³/mol. The topological polar surface area (TPSA) is 73.0 Å². The Labute approximate surface area is 182 Å². The van der Waals surface area contributed by atoms with E-state index in [1.807, 2.05) is 19.9 Å². The summed E-state index contributed by atoms with van der Waals surface area (Å²) in [7, 11) is 0. The van der Waals surface area contributed by atoms with E-state index in [1.165, 1.54) is 16.2 Å². The predicted octanol–water partition coefficient (Wildman–Crippen LogP) is 3.60. The van der Waals surface area contributed by atoms with E-state index in [0.29, 0.717) is 36.4 Å². The molecule has 162 valence electrons. The lowest BCUT2D eigenvalue weighted by atomic mass is 10.1. The van der Waals surface area contributed by atoms with E-state index in [0.717, 1.165) is 13.1 Å². The van der Waals surface area contributed by atoms with Crippen LogP contribution in [-0.2, 0) is 0 Å². The maximum atomic E-state index is 12.8. The van der Waals surface area contributed by atoms with E-state index >= 15 is 0 Å². The Morgan fingerprint density at radius 3 is 2.35 bits per heavy atom. The van der Waals surface area contributed by atoms with Crippen LogP contribution in [0.5, 0.6) is 0 Å². The molecule has 2 heterocycles. The zero-order chi connectivity index (χ0) is 22.1. The minimum Gasteiger partial charge on any atom is -0.368 e. The Morgan fingerprint density at radius 1 is 0.968 bits per heavy atom. The van der Waals surface area contributed by atoms with Crippen LogP contribution in [0.2, 0.25) is 0 Å². The molecule has 0 aliphatic carbocycles. The fourth-order valence-electron chi connectivity index (χ4n) is 4.09. The highest BCUT2D eigenvalue weighted by molar-refractivity contribution is 6.21. The summed E-state index contributed by atoms with van der Waals surface area (Å²) < 4.78 is 0. The molecule has 4 rings (SSSR count). The first-order valence-electron chi connectivity index (χ1n) is 10.7. The fourth-order valence-corrected chi connectivity index (χ4v) is 4.09. The van der Waals surface area contributed by atoms with Gasteiger partial charge in [0.1, 0.15) is 0 Å². The molecule has 2 aliphatic rings. The lowest BCUT2D eigenvalue weighted by molar-refractivity contribution is 0.0636. The summed E-state index contributed by atoms with van der Waals surface area (Å²) in [5, 5.41) is 2.88. The summed E-state index contributed by atoms with van der Waals surface area (Å²) in [6.45, 7) is 9.15. The second-order valence-corrected chi connectivity index (χ2v) is 8.62. The SMILES string of the molecule is Cc1cccc(N2CCN(C(=O)Nc3ccc4c(c3)C(=O)N(CC(C)C)C4=O)CC2)c1. The van der Waals surface area contributed by atoms with Gasteiger partial charge < -0.3 is 15.1 Å². The van der Waals surface area contributed by atoms with Gasteiger partial charge in [0.2, 0.25) is 0 Å². The largest absolute Gasteiger partial charge is 0.368 e. The standard InChI is InChI=1S/C24H28N4O3/c1-16(2)15-28-22(29)20-8-7-18(14-21(20)23(28)30)25-24(31)27-11-9-26(10-12-27)19-6-4-5-17(3)13-19/h4-8,13-14,16H,9-12,15H2,1-3H3,(H,25,31). The van der Waals surface area contributed by atoms with Crippen LogP contribution >= 0.6 is 0 Å². The first-order valence-corrected chi connectivity index (χ1v) is 10.7. The number of urea groups is 1. The molecule has 1 saturated heterocycles. The van der Waals surface area contributed by atoms with Crippen molar-refractivity contribution in [3.05, 3.63) is 59.2 Å². The van der Waals surface area contributed by atoms with Crippen molar-refractivity contribution in [2.45, 2.75) is 20.8 Å². The third kappa shape index (κ3) is 4.26. The normalized spacial score (nSPS) is 16.2. The number of fused-ring (bicyclic) bond motifs is 1. The highest BCUT2D eigenvalue weighted by Crippen LogP contribution is 2.27. The number of amides is 4. The van der Waals surface area contributed by atoms with Gasteiger partial charge in [0.05, 0.1) is 11.1 Å². The van der Waals surface area contributed by atoms with Gasteiger partial charge in [-0.2, -0.15) is 0 Å². The van der Waals surface area contributed by atoms with Gasteiger partial charge in [0, 0.05) is 44.1 Å². The van der Waals surface area contributed by atoms with E-state index in [9.17, 15) is 14.4 Å². The average molecular weight is 421 g/mol. The third-order valence-electron chi connectivity index (χ3n) is 5.70. The lowest BCUT2D eigenvalue weighted by Crippen LogP contribution is -2.50. The zero-order valence-corrected chi connectivity index (χ0v) is 18.2. The quantitative estimate of drug-likeness (QED) is 0.767. The summed E-state index contributed by atoms with van der Waals surface area (Å²) in [6, 6.07) is 13.1. The molecule has 0 spiro atoms. The van der Waals surface area contributed by atoms with Crippen molar-refractivity contribution in [1.82, 2.24) is 9.80 Å². The number of aryl methyl sites for hydroxylation is 1. The van der Waals surface area contributed by atoms with Gasteiger partial charge in [-0.3, -0.25) is 14.5 Å². The minimum atomic E-state index is -0.295. The van der Waals surface area contributed by atoms with Crippen LogP contribution in [0.25, 0.3) is 0 Å². The summed E-state index contributed by atoms with van der Waals surface area (Å²) >= 11 is 0. The van der Waals surface area contributed by atoms with E-state index < -0.39 is 0 Å². The number of piperazine rings is 1. The Morgan fingerprint density at radius 2 is 1.68 bits per heavy atom. The van der Waals surface area contributed by atoms with Crippen LogP contribution in [0.3, 0.4) is 0 Å². The van der Waals surface area contributed by atoms with Gasteiger partial charge in [0.15, 0.2) is 0 Å². The van der Waals surface area contributed by atoms with Crippen LogP contribution < -0.4 is 10.2 Å². The molecule has 2 aromatic rings. The van der Waals surface area contributed by atoms with E-state index in [1.54, 1.807) is 23.1 Å². The molecule has 7 nitrogen and oxygen atoms in total. The molecule has 1 N–H and O–H groups in total. The Bertz CT molecular complexity index is 1030. The first kappa shape index (κ1) is 20.9. The van der Waals surface area contributed by atoms with E-state index in [4.69, 9.17) is 0 Å². The van der Waals surface area contributed by atoms with E-state index in [2.05, 4.69) is 35.3 Å². The van der Waals surface area contributed by atoms with Gasteiger partial charge in [-0.05, 0) is 48.7 Å². The summed E-state index contributed by atoms with van der Waals surface area (Å²) in [4.78, 5) is 43.2. The molecule has 1 fully saturated rings. The van der Waals surface area contributed by atoms with Gasteiger partial charge in [-0.25, -0.2) is 4.79 Å². The summed E-state index contributed by atoms with van der Waals surface area (Å²) in [6.07, 6.45) is 0. The molecule has 7 heteroatoms. The van der Waals surface area contributed by atoms with Gasteiger partial charge in [0.25, 0.3) is 11.8 Å². The summed E-state index contributed by atoms with van der Waals surface area (Å²) in [5.41, 5.74) is 3.67. The van der Waals surface area contributed by atoms with Crippen LogP contribution in [0.15, 0.2) is 42.5 Å². The molecule has 2 aromatic carbocycles. The van der Waals surface area contributed by atoms with Crippen LogP contribution in [-0.4, -0.2) is 60.4 Å². The van der Waals surface area contributed by atoms with Crippen LogP contribution in [0, 0.1) is 12.8 Å². The van der Waals surface area contributed by atoms with Crippen molar-refractivity contribution < 1.29 is 14.4 Å². The van der Waals surface area contributed by atoms with Crippen molar-refractivity contribution >= 4 is 29.2 Å². The van der Waals surface area contributed by atoms with Crippen molar-refractivity contribution in [2.75, 3.05) is 42.9 Å². The minimum absolute atomic E-state index is 0.194. The number of rotatable bonds is 4. The molecule has 0 radical (unpaired) electrons. The van der Waals surface area contributed by atoms with Gasteiger partial charge >= 0.3 is 6.03 Å². The number of nitrogens with one attached hydrogen (secondary N) is 1. The highest BCUT2D eigenvalue weighted by Gasteiger charge is 2.36. The Balaban J connectivity index is 1.39. The lowest BCUT2D eigenvalue weighted by Gasteiger charge is -2.36. The van der Waals surface area contributed by atoms with Crippen molar-refractivity contribution in [3.8, 4) is 0 Å². The Kier molecular flexibility index (Phi) is 5.67. The molecule has 31 heavy (non-hydrogen) atoms. The molecule has 4 amide bonds.